The minimum absolute atomic E-state index is 0.0914. The first kappa shape index (κ1) is 17.6. The van der Waals surface area contributed by atoms with Gasteiger partial charge in [0.15, 0.2) is 5.78 Å². The molecule has 0 N–H and O–H groups in total. The van der Waals surface area contributed by atoms with E-state index in [-0.39, 0.29) is 5.78 Å². The van der Waals surface area contributed by atoms with Crippen LogP contribution in [0.4, 0.5) is 0 Å². The number of benzene rings is 2. The van der Waals surface area contributed by atoms with Crippen LogP contribution in [0.3, 0.4) is 0 Å². The second-order valence-electron chi connectivity index (χ2n) is 6.62. The molecule has 0 amide bonds. The van der Waals surface area contributed by atoms with Crippen molar-refractivity contribution in [3.63, 3.8) is 0 Å². The average molecular weight is 344 g/mol. The quantitative estimate of drug-likeness (QED) is 0.641. The van der Waals surface area contributed by atoms with Gasteiger partial charge >= 0.3 is 0 Å². The van der Waals surface area contributed by atoms with E-state index in [0.717, 1.165) is 16.5 Å². The van der Waals surface area contributed by atoms with Crippen molar-refractivity contribution >= 4 is 16.7 Å². The molecule has 4 nitrogen and oxygen atoms in total. The number of Topliss-reactive ketones (excluding diaryl/α,β-unsaturated/α-hetero) is 1. The molecule has 0 aliphatic carbocycles. The molecule has 0 aliphatic rings. The van der Waals surface area contributed by atoms with Gasteiger partial charge < -0.3 is 4.74 Å². The van der Waals surface area contributed by atoms with E-state index in [1.54, 1.807) is 6.07 Å². The van der Waals surface area contributed by atoms with Gasteiger partial charge in [-0.3, -0.25) is 4.79 Å². The Hall–Kier alpha value is -3.19. The van der Waals surface area contributed by atoms with Gasteiger partial charge in [0.1, 0.15) is 0 Å². The Balaban J connectivity index is 2.08. The predicted octanol–water partition coefficient (Wildman–Crippen LogP) is 4.47. The first-order valence-electron chi connectivity index (χ1n) is 8.42. The van der Waals surface area contributed by atoms with E-state index in [9.17, 15) is 10.1 Å². The molecule has 3 rings (SSSR count). The van der Waals surface area contributed by atoms with E-state index in [0.29, 0.717) is 23.4 Å². The zero-order valence-corrected chi connectivity index (χ0v) is 15.1. The molecule has 0 aliphatic heterocycles. The van der Waals surface area contributed by atoms with Crippen molar-refractivity contribution in [2.45, 2.75) is 25.7 Å². The summed E-state index contributed by atoms with van der Waals surface area (Å²) < 4.78 is 5.27. The summed E-state index contributed by atoms with van der Waals surface area (Å²) in [4.78, 5) is 16.3. The third-order valence-corrected chi connectivity index (χ3v) is 4.64. The van der Waals surface area contributed by atoms with Gasteiger partial charge in [0.2, 0.25) is 5.88 Å². The zero-order chi connectivity index (χ0) is 18.7. The Labute approximate surface area is 153 Å². The number of ether oxygens (including phenoxy) is 1. The van der Waals surface area contributed by atoms with E-state index >= 15 is 0 Å². The summed E-state index contributed by atoms with van der Waals surface area (Å²) in [6.07, 6.45) is 0.610. The summed E-state index contributed by atoms with van der Waals surface area (Å²) in [6.45, 7) is 3.43. The van der Waals surface area contributed by atoms with Crippen LogP contribution in [0, 0.1) is 11.3 Å². The van der Waals surface area contributed by atoms with E-state index in [1.165, 1.54) is 14.0 Å². The molecule has 0 spiro atoms. The van der Waals surface area contributed by atoms with Crippen LogP contribution in [0.2, 0.25) is 0 Å². The summed E-state index contributed by atoms with van der Waals surface area (Å²) >= 11 is 0. The highest BCUT2D eigenvalue weighted by Crippen LogP contribution is 2.31. The van der Waals surface area contributed by atoms with Crippen LogP contribution in [0.15, 0.2) is 54.6 Å². The van der Waals surface area contributed by atoms with E-state index < -0.39 is 5.41 Å². The smallest absolute Gasteiger partial charge is 0.224 e. The second kappa shape index (κ2) is 6.97. The summed E-state index contributed by atoms with van der Waals surface area (Å²) in [5, 5.41) is 10.7. The fraction of sp³-hybridized carbons (Fsp3) is 0.227. The lowest BCUT2D eigenvalue weighted by Gasteiger charge is -2.23. The Morgan fingerprint density at radius 1 is 1.19 bits per heavy atom. The number of pyridine rings is 1. The number of methoxy groups -OCH3 is 1. The summed E-state index contributed by atoms with van der Waals surface area (Å²) in [5.41, 5.74) is 2.48. The number of rotatable bonds is 5. The number of nitrogens with zero attached hydrogens (tertiary/aromatic N) is 2. The third-order valence-electron chi connectivity index (χ3n) is 4.64. The molecule has 0 bridgehead atoms. The molecular formula is C22H20N2O2. The SMILES string of the molecule is COc1nc2cc(C(C)(C#N)Cc3ccccc3)ccc2cc1C(C)=O. The van der Waals surface area contributed by atoms with Crippen LogP contribution in [0.5, 0.6) is 5.88 Å². The lowest BCUT2D eigenvalue weighted by molar-refractivity contribution is 0.101. The van der Waals surface area contributed by atoms with Gasteiger partial charge in [0, 0.05) is 5.39 Å². The van der Waals surface area contributed by atoms with Gasteiger partial charge in [-0.25, -0.2) is 4.98 Å². The Morgan fingerprint density at radius 2 is 1.92 bits per heavy atom. The van der Waals surface area contributed by atoms with Crippen molar-refractivity contribution in [1.82, 2.24) is 4.98 Å². The molecule has 0 fully saturated rings. The van der Waals surface area contributed by atoms with Gasteiger partial charge in [-0.1, -0.05) is 42.5 Å². The number of carbonyl (C=O) groups excluding carboxylic acids is 1. The molecule has 3 aromatic rings. The predicted molar refractivity (Wildman–Crippen MR) is 101 cm³/mol. The lowest BCUT2D eigenvalue weighted by atomic mass is 9.78. The Kier molecular flexibility index (Phi) is 4.73. The number of carbonyl (C=O) groups is 1. The summed E-state index contributed by atoms with van der Waals surface area (Å²) in [7, 11) is 1.50. The average Bonchev–Trinajstić information content (AvgIpc) is 2.67. The molecule has 0 saturated heterocycles. The van der Waals surface area contributed by atoms with E-state index in [2.05, 4.69) is 11.1 Å². The van der Waals surface area contributed by atoms with Crippen LogP contribution >= 0.6 is 0 Å². The number of hydrogen-bond donors (Lipinski definition) is 0. The molecular weight excluding hydrogens is 324 g/mol. The van der Waals surface area contributed by atoms with Crippen molar-refractivity contribution in [2.24, 2.45) is 0 Å². The normalized spacial score (nSPS) is 13.0. The minimum atomic E-state index is -0.677. The van der Waals surface area contributed by atoms with E-state index in [4.69, 9.17) is 4.74 Å². The Bertz CT molecular complexity index is 1010. The maximum absolute atomic E-state index is 11.8. The second-order valence-corrected chi connectivity index (χ2v) is 6.62. The summed E-state index contributed by atoms with van der Waals surface area (Å²) in [5.74, 6) is 0.218. The first-order valence-corrected chi connectivity index (χ1v) is 8.42. The summed E-state index contributed by atoms with van der Waals surface area (Å²) in [6, 6.07) is 20.0. The molecule has 1 heterocycles. The zero-order valence-electron chi connectivity index (χ0n) is 15.1. The van der Waals surface area contributed by atoms with Crippen LogP contribution in [0.25, 0.3) is 10.9 Å². The molecule has 4 heteroatoms. The lowest BCUT2D eigenvalue weighted by Crippen LogP contribution is -2.22. The monoisotopic (exact) mass is 344 g/mol. The molecule has 130 valence electrons. The molecule has 2 aromatic carbocycles. The number of hydrogen-bond acceptors (Lipinski definition) is 4. The molecule has 0 saturated carbocycles. The van der Waals surface area contributed by atoms with Gasteiger partial charge in [0.25, 0.3) is 0 Å². The largest absolute Gasteiger partial charge is 0.480 e. The molecule has 1 atom stereocenters. The maximum atomic E-state index is 11.8. The molecule has 26 heavy (non-hydrogen) atoms. The van der Waals surface area contributed by atoms with Crippen molar-refractivity contribution < 1.29 is 9.53 Å². The highest BCUT2D eigenvalue weighted by molar-refractivity contribution is 5.99. The van der Waals surface area contributed by atoms with Crippen LogP contribution in [-0.2, 0) is 11.8 Å². The number of ketones is 1. The standard InChI is InChI=1S/C22H20N2O2/c1-15(25)19-11-17-9-10-18(12-20(17)24-21(19)26-3)22(2,14-23)13-16-7-5-4-6-8-16/h4-12H,13H2,1-3H3. The number of fused-ring (bicyclic) bond motifs is 1. The number of aromatic nitrogens is 1. The maximum Gasteiger partial charge on any atom is 0.224 e. The van der Waals surface area contributed by atoms with Crippen LogP contribution < -0.4 is 4.74 Å². The fourth-order valence-electron chi connectivity index (χ4n) is 3.11. The molecule has 0 radical (unpaired) electrons. The first-order chi connectivity index (χ1) is 12.5. The fourth-order valence-corrected chi connectivity index (χ4v) is 3.11. The van der Waals surface area contributed by atoms with Crippen molar-refractivity contribution in [3.8, 4) is 11.9 Å². The highest BCUT2D eigenvalue weighted by atomic mass is 16.5. The van der Waals surface area contributed by atoms with Crippen molar-refractivity contribution in [2.75, 3.05) is 7.11 Å². The van der Waals surface area contributed by atoms with Crippen molar-refractivity contribution in [3.05, 3.63) is 71.3 Å². The van der Waals surface area contributed by atoms with Gasteiger partial charge in [-0.05, 0) is 43.5 Å². The minimum Gasteiger partial charge on any atom is -0.480 e. The van der Waals surface area contributed by atoms with Gasteiger partial charge in [-0.2, -0.15) is 5.26 Å². The molecule has 1 aromatic heterocycles. The topological polar surface area (TPSA) is 63.0 Å². The van der Waals surface area contributed by atoms with Gasteiger partial charge in [0.05, 0.1) is 29.7 Å². The van der Waals surface area contributed by atoms with E-state index in [1.807, 2.05) is 55.5 Å². The molecule has 1 unspecified atom stereocenters. The highest BCUT2D eigenvalue weighted by Gasteiger charge is 2.27. The van der Waals surface area contributed by atoms with Crippen LogP contribution in [0.1, 0.15) is 35.3 Å². The third kappa shape index (κ3) is 3.29. The number of nitriles is 1. The van der Waals surface area contributed by atoms with Gasteiger partial charge in [-0.15, -0.1) is 0 Å². The van der Waals surface area contributed by atoms with Crippen LogP contribution in [-0.4, -0.2) is 17.9 Å². The van der Waals surface area contributed by atoms with Crippen molar-refractivity contribution in [1.29, 1.82) is 5.26 Å². The Morgan fingerprint density at radius 3 is 2.54 bits per heavy atom.